The van der Waals surface area contributed by atoms with Gasteiger partial charge in [0.2, 0.25) is 5.91 Å². The molecule has 0 aliphatic rings. The van der Waals surface area contributed by atoms with E-state index in [2.05, 4.69) is 11.4 Å². The number of nitriles is 1. The number of halogens is 1. The number of hydrogen-bond acceptors (Lipinski definition) is 2. The van der Waals surface area contributed by atoms with E-state index in [1.54, 1.807) is 36.4 Å². The lowest BCUT2D eigenvalue weighted by Crippen LogP contribution is -2.20. The molecule has 0 bridgehead atoms. The fraction of sp³-hybridized carbons (Fsp3) is 0.0588. The Kier molecular flexibility index (Phi) is 5.14. The number of amides is 1. The van der Waals surface area contributed by atoms with Gasteiger partial charge in [0.25, 0.3) is 0 Å². The van der Waals surface area contributed by atoms with Crippen molar-refractivity contribution in [2.75, 3.05) is 0 Å². The molecule has 0 spiro atoms. The zero-order chi connectivity index (χ0) is 15.1. The predicted octanol–water partition coefficient (Wildman–Crippen LogP) is 3.54. The maximum atomic E-state index is 11.7. The largest absolute Gasteiger partial charge is 0.348 e. The Labute approximate surface area is 128 Å². The summed E-state index contributed by atoms with van der Waals surface area (Å²) < 4.78 is 0. The first-order chi connectivity index (χ1) is 10.2. The van der Waals surface area contributed by atoms with Crippen molar-refractivity contribution < 1.29 is 4.79 Å². The van der Waals surface area contributed by atoms with Crippen LogP contribution < -0.4 is 5.32 Å². The molecule has 1 N–H and O–H groups in total. The van der Waals surface area contributed by atoms with E-state index in [0.717, 1.165) is 11.1 Å². The SMILES string of the molecule is N#Cc1cccc(CNC(=O)/C=C/c2ccc(Cl)cc2)c1. The molecule has 0 radical (unpaired) electrons. The third-order valence-electron chi connectivity index (χ3n) is 2.82. The molecule has 0 aliphatic carbocycles. The summed E-state index contributed by atoms with van der Waals surface area (Å²) >= 11 is 5.79. The lowest BCUT2D eigenvalue weighted by Gasteiger charge is -2.02. The molecule has 3 nitrogen and oxygen atoms in total. The second-order valence-corrected chi connectivity index (χ2v) is 4.85. The van der Waals surface area contributed by atoms with Gasteiger partial charge in [-0.05, 0) is 41.5 Å². The Bertz CT molecular complexity index is 699. The lowest BCUT2D eigenvalue weighted by molar-refractivity contribution is -0.116. The average molecular weight is 297 g/mol. The average Bonchev–Trinajstić information content (AvgIpc) is 2.52. The van der Waals surface area contributed by atoms with E-state index in [4.69, 9.17) is 16.9 Å². The molecular weight excluding hydrogens is 284 g/mol. The summed E-state index contributed by atoms with van der Waals surface area (Å²) in [6.07, 6.45) is 3.19. The highest BCUT2D eigenvalue weighted by Crippen LogP contribution is 2.10. The zero-order valence-electron chi connectivity index (χ0n) is 11.2. The molecule has 0 saturated carbocycles. The second-order valence-electron chi connectivity index (χ2n) is 4.41. The molecule has 0 saturated heterocycles. The van der Waals surface area contributed by atoms with Gasteiger partial charge in [-0.15, -0.1) is 0 Å². The molecule has 0 atom stereocenters. The summed E-state index contributed by atoms with van der Waals surface area (Å²) in [6, 6.07) is 16.4. The zero-order valence-corrected chi connectivity index (χ0v) is 12.0. The van der Waals surface area contributed by atoms with Crippen molar-refractivity contribution in [3.8, 4) is 6.07 Å². The van der Waals surface area contributed by atoms with Crippen LogP contribution in [0.5, 0.6) is 0 Å². The van der Waals surface area contributed by atoms with Gasteiger partial charge in [0.1, 0.15) is 0 Å². The van der Waals surface area contributed by atoms with Crippen molar-refractivity contribution in [3.05, 3.63) is 76.3 Å². The van der Waals surface area contributed by atoms with Gasteiger partial charge >= 0.3 is 0 Å². The van der Waals surface area contributed by atoms with Crippen LogP contribution in [0.15, 0.2) is 54.6 Å². The minimum absolute atomic E-state index is 0.188. The molecule has 2 rings (SSSR count). The summed E-state index contributed by atoms with van der Waals surface area (Å²) in [4.78, 5) is 11.7. The van der Waals surface area contributed by atoms with Gasteiger partial charge in [-0.25, -0.2) is 0 Å². The van der Waals surface area contributed by atoms with E-state index in [9.17, 15) is 4.79 Å². The Morgan fingerprint density at radius 3 is 2.71 bits per heavy atom. The van der Waals surface area contributed by atoms with Crippen LogP contribution in [-0.4, -0.2) is 5.91 Å². The highest BCUT2D eigenvalue weighted by Gasteiger charge is 1.98. The van der Waals surface area contributed by atoms with Crippen LogP contribution >= 0.6 is 11.6 Å². The summed E-state index contributed by atoms with van der Waals surface area (Å²) in [5.41, 5.74) is 2.38. The molecule has 0 unspecified atom stereocenters. The van der Waals surface area contributed by atoms with Gasteiger partial charge in [0, 0.05) is 17.6 Å². The van der Waals surface area contributed by atoms with Crippen LogP contribution in [-0.2, 0) is 11.3 Å². The summed E-state index contributed by atoms with van der Waals surface area (Å²) in [5, 5.41) is 12.2. The van der Waals surface area contributed by atoms with Crippen LogP contribution in [0.1, 0.15) is 16.7 Å². The topological polar surface area (TPSA) is 52.9 Å². The molecule has 2 aromatic rings. The van der Waals surface area contributed by atoms with Gasteiger partial charge < -0.3 is 5.32 Å². The van der Waals surface area contributed by atoms with Crippen molar-refractivity contribution in [1.82, 2.24) is 5.32 Å². The highest BCUT2D eigenvalue weighted by molar-refractivity contribution is 6.30. The van der Waals surface area contributed by atoms with Gasteiger partial charge in [0.15, 0.2) is 0 Å². The van der Waals surface area contributed by atoms with E-state index in [1.807, 2.05) is 18.2 Å². The Morgan fingerprint density at radius 1 is 1.24 bits per heavy atom. The van der Waals surface area contributed by atoms with Crippen LogP contribution in [0.3, 0.4) is 0 Å². The maximum absolute atomic E-state index is 11.7. The molecule has 2 aromatic carbocycles. The smallest absolute Gasteiger partial charge is 0.244 e. The number of nitrogens with zero attached hydrogens (tertiary/aromatic N) is 1. The van der Waals surface area contributed by atoms with E-state index in [-0.39, 0.29) is 5.91 Å². The summed E-state index contributed by atoms with van der Waals surface area (Å²) in [7, 11) is 0. The van der Waals surface area contributed by atoms with Gasteiger partial charge in [-0.2, -0.15) is 5.26 Å². The molecule has 1 amide bonds. The number of hydrogen-bond donors (Lipinski definition) is 1. The molecule has 0 aliphatic heterocycles. The fourth-order valence-corrected chi connectivity index (χ4v) is 1.87. The fourth-order valence-electron chi connectivity index (χ4n) is 1.74. The Hall–Kier alpha value is -2.57. The molecule has 0 fully saturated rings. The van der Waals surface area contributed by atoms with Crippen LogP contribution in [0.2, 0.25) is 5.02 Å². The van der Waals surface area contributed by atoms with Crippen LogP contribution in [0.4, 0.5) is 0 Å². The first-order valence-corrected chi connectivity index (χ1v) is 6.76. The molecule has 4 heteroatoms. The second kappa shape index (κ2) is 7.28. The first-order valence-electron chi connectivity index (χ1n) is 6.38. The lowest BCUT2D eigenvalue weighted by atomic mass is 10.1. The van der Waals surface area contributed by atoms with Crippen molar-refractivity contribution >= 4 is 23.6 Å². The van der Waals surface area contributed by atoms with E-state index in [0.29, 0.717) is 17.1 Å². The van der Waals surface area contributed by atoms with Gasteiger partial charge in [-0.1, -0.05) is 35.9 Å². The maximum Gasteiger partial charge on any atom is 0.244 e. The van der Waals surface area contributed by atoms with Crippen LogP contribution in [0.25, 0.3) is 6.08 Å². The van der Waals surface area contributed by atoms with Gasteiger partial charge in [-0.3, -0.25) is 4.79 Å². The van der Waals surface area contributed by atoms with E-state index in [1.165, 1.54) is 6.08 Å². The molecule has 21 heavy (non-hydrogen) atoms. The van der Waals surface area contributed by atoms with Crippen molar-refractivity contribution in [2.24, 2.45) is 0 Å². The normalized spacial score (nSPS) is 10.3. The molecule has 0 aromatic heterocycles. The number of nitrogens with one attached hydrogen (secondary N) is 1. The standard InChI is InChI=1S/C17H13ClN2O/c18-16-7-4-13(5-8-16)6-9-17(21)20-12-15-3-1-2-14(10-15)11-19/h1-10H,12H2,(H,20,21)/b9-6+. The minimum atomic E-state index is -0.188. The minimum Gasteiger partial charge on any atom is -0.348 e. The van der Waals surface area contributed by atoms with Crippen molar-refractivity contribution in [1.29, 1.82) is 5.26 Å². The highest BCUT2D eigenvalue weighted by atomic mass is 35.5. The third-order valence-corrected chi connectivity index (χ3v) is 3.07. The van der Waals surface area contributed by atoms with Crippen molar-refractivity contribution in [2.45, 2.75) is 6.54 Å². The third kappa shape index (κ3) is 4.79. The van der Waals surface area contributed by atoms with Crippen LogP contribution in [0, 0.1) is 11.3 Å². The summed E-state index contributed by atoms with van der Waals surface area (Å²) in [5.74, 6) is -0.188. The van der Waals surface area contributed by atoms with Gasteiger partial charge in [0.05, 0.1) is 11.6 Å². The monoisotopic (exact) mass is 296 g/mol. The number of carbonyl (C=O) groups is 1. The number of rotatable bonds is 4. The Balaban J connectivity index is 1.90. The predicted molar refractivity (Wildman–Crippen MR) is 83.5 cm³/mol. The number of carbonyl (C=O) groups excluding carboxylic acids is 1. The Morgan fingerprint density at radius 2 is 2.00 bits per heavy atom. The first kappa shape index (κ1) is 14.8. The molecule has 0 heterocycles. The van der Waals surface area contributed by atoms with E-state index < -0.39 is 0 Å². The number of benzene rings is 2. The van der Waals surface area contributed by atoms with E-state index >= 15 is 0 Å². The molecule has 104 valence electrons. The molecular formula is C17H13ClN2O. The quantitative estimate of drug-likeness (QED) is 0.877. The summed E-state index contributed by atoms with van der Waals surface area (Å²) in [6.45, 7) is 0.388. The van der Waals surface area contributed by atoms with Crippen molar-refractivity contribution in [3.63, 3.8) is 0 Å².